The van der Waals surface area contributed by atoms with Gasteiger partial charge in [0.05, 0.1) is 0 Å². The van der Waals surface area contributed by atoms with Crippen LogP contribution in [-0.4, -0.2) is 51.1 Å². The Morgan fingerprint density at radius 3 is 2.44 bits per heavy atom. The van der Waals surface area contributed by atoms with Crippen LogP contribution in [-0.2, 0) is 0 Å². The molecule has 0 amide bonds. The maximum Gasteiger partial charge on any atom is 0.191 e. The Morgan fingerprint density at radius 2 is 2.00 bits per heavy atom. The molecule has 0 aromatic carbocycles. The number of hydrogen-bond donors (Lipinski definition) is 2. The quantitative estimate of drug-likeness (QED) is 0.333. The monoisotopic (exact) mass is 342 g/mol. The Hall–Kier alpha value is -0.0400. The van der Waals surface area contributed by atoms with E-state index in [0.29, 0.717) is 6.04 Å². The van der Waals surface area contributed by atoms with Gasteiger partial charge >= 0.3 is 0 Å². The molecule has 0 spiro atoms. The summed E-state index contributed by atoms with van der Waals surface area (Å²) in [6.07, 6.45) is 2.24. The van der Waals surface area contributed by atoms with E-state index in [-0.39, 0.29) is 24.0 Å². The molecular formula is C11H27IN4. The SMILES string of the molecule is CCC(C)NC(=NC)NCCCN(C)C.I. The fourth-order valence-corrected chi connectivity index (χ4v) is 1.13. The molecule has 1 unspecified atom stereocenters. The Balaban J connectivity index is 0. The zero-order chi connectivity index (χ0) is 11.7. The highest BCUT2D eigenvalue weighted by Gasteiger charge is 2.01. The van der Waals surface area contributed by atoms with E-state index in [1.54, 1.807) is 0 Å². The first-order chi connectivity index (χ1) is 7.10. The Bertz CT molecular complexity index is 183. The zero-order valence-electron chi connectivity index (χ0n) is 11.2. The van der Waals surface area contributed by atoms with E-state index in [1.165, 1.54) is 0 Å². The van der Waals surface area contributed by atoms with Crippen molar-refractivity contribution in [2.24, 2.45) is 4.99 Å². The molecule has 98 valence electrons. The van der Waals surface area contributed by atoms with E-state index in [4.69, 9.17) is 0 Å². The van der Waals surface area contributed by atoms with E-state index < -0.39 is 0 Å². The minimum atomic E-state index is 0. The number of nitrogens with zero attached hydrogens (tertiary/aromatic N) is 2. The van der Waals surface area contributed by atoms with E-state index in [1.807, 2.05) is 7.05 Å². The highest BCUT2D eigenvalue weighted by molar-refractivity contribution is 14.0. The lowest BCUT2D eigenvalue weighted by molar-refractivity contribution is 0.399. The Labute approximate surface area is 117 Å². The third-order valence-electron chi connectivity index (χ3n) is 2.29. The molecule has 5 heteroatoms. The molecule has 0 radical (unpaired) electrons. The summed E-state index contributed by atoms with van der Waals surface area (Å²) in [5.41, 5.74) is 0. The molecule has 0 aliphatic rings. The van der Waals surface area contributed by atoms with Crippen molar-refractivity contribution in [3.63, 3.8) is 0 Å². The van der Waals surface area contributed by atoms with Crippen LogP contribution in [0.15, 0.2) is 4.99 Å². The lowest BCUT2D eigenvalue weighted by atomic mass is 10.3. The van der Waals surface area contributed by atoms with Gasteiger partial charge < -0.3 is 15.5 Å². The first-order valence-electron chi connectivity index (χ1n) is 5.72. The van der Waals surface area contributed by atoms with Crippen molar-refractivity contribution in [2.75, 3.05) is 34.2 Å². The summed E-state index contributed by atoms with van der Waals surface area (Å²) < 4.78 is 0. The van der Waals surface area contributed by atoms with Gasteiger partial charge in [-0.1, -0.05) is 6.92 Å². The van der Waals surface area contributed by atoms with E-state index >= 15 is 0 Å². The van der Waals surface area contributed by atoms with Crippen molar-refractivity contribution in [3.8, 4) is 0 Å². The average molecular weight is 342 g/mol. The molecule has 0 aliphatic heterocycles. The summed E-state index contributed by atoms with van der Waals surface area (Å²) in [5, 5.41) is 6.63. The van der Waals surface area contributed by atoms with Gasteiger partial charge in [0.25, 0.3) is 0 Å². The zero-order valence-corrected chi connectivity index (χ0v) is 13.5. The molecule has 4 nitrogen and oxygen atoms in total. The third-order valence-corrected chi connectivity index (χ3v) is 2.29. The Morgan fingerprint density at radius 1 is 1.38 bits per heavy atom. The second kappa shape index (κ2) is 11.4. The molecular weight excluding hydrogens is 315 g/mol. The van der Waals surface area contributed by atoms with Gasteiger partial charge in [0.2, 0.25) is 0 Å². The van der Waals surface area contributed by atoms with Crippen LogP contribution in [0.2, 0.25) is 0 Å². The largest absolute Gasteiger partial charge is 0.356 e. The van der Waals surface area contributed by atoms with E-state index in [9.17, 15) is 0 Å². The van der Waals surface area contributed by atoms with Gasteiger partial charge in [-0.2, -0.15) is 0 Å². The molecule has 0 saturated carbocycles. The van der Waals surface area contributed by atoms with Crippen LogP contribution < -0.4 is 10.6 Å². The Kier molecular flexibility index (Phi) is 13.1. The first kappa shape index (κ1) is 18.3. The summed E-state index contributed by atoms with van der Waals surface area (Å²) in [4.78, 5) is 6.36. The van der Waals surface area contributed by atoms with Crippen LogP contribution in [0.25, 0.3) is 0 Å². The molecule has 0 heterocycles. The molecule has 0 rings (SSSR count). The second-order valence-electron chi connectivity index (χ2n) is 4.11. The maximum absolute atomic E-state index is 4.17. The van der Waals surface area contributed by atoms with Crippen LogP contribution in [0.5, 0.6) is 0 Å². The normalized spacial score (nSPS) is 13.2. The highest BCUT2D eigenvalue weighted by Crippen LogP contribution is 1.87. The highest BCUT2D eigenvalue weighted by atomic mass is 127. The first-order valence-corrected chi connectivity index (χ1v) is 5.72. The smallest absolute Gasteiger partial charge is 0.191 e. The van der Waals surface area contributed by atoms with Crippen molar-refractivity contribution in [1.82, 2.24) is 15.5 Å². The van der Waals surface area contributed by atoms with Gasteiger partial charge in [-0.15, -0.1) is 24.0 Å². The van der Waals surface area contributed by atoms with E-state index in [0.717, 1.165) is 31.9 Å². The van der Waals surface area contributed by atoms with Gasteiger partial charge in [-0.3, -0.25) is 4.99 Å². The molecule has 1 atom stereocenters. The van der Waals surface area contributed by atoms with Gasteiger partial charge in [0.15, 0.2) is 5.96 Å². The summed E-state index contributed by atoms with van der Waals surface area (Å²) >= 11 is 0. The number of halogens is 1. The molecule has 16 heavy (non-hydrogen) atoms. The standard InChI is InChI=1S/C11H26N4.HI/c1-6-10(2)14-11(12-3)13-8-7-9-15(4)5;/h10H,6-9H2,1-5H3,(H2,12,13,14);1H. The van der Waals surface area contributed by atoms with Gasteiger partial charge in [-0.05, 0) is 40.4 Å². The molecule has 0 fully saturated rings. The number of aliphatic imine (C=N–C) groups is 1. The molecule has 0 aromatic heterocycles. The third kappa shape index (κ3) is 10.5. The van der Waals surface area contributed by atoms with E-state index in [2.05, 4.69) is 48.5 Å². The topological polar surface area (TPSA) is 39.7 Å². The lowest BCUT2D eigenvalue weighted by Gasteiger charge is -2.17. The second-order valence-corrected chi connectivity index (χ2v) is 4.11. The fraction of sp³-hybridized carbons (Fsp3) is 0.909. The van der Waals surface area contributed by atoms with Gasteiger partial charge in [0.1, 0.15) is 0 Å². The summed E-state index contributed by atoms with van der Waals surface area (Å²) in [5.74, 6) is 0.906. The van der Waals surface area contributed by atoms with Gasteiger partial charge in [-0.25, -0.2) is 0 Å². The minimum Gasteiger partial charge on any atom is -0.356 e. The van der Waals surface area contributed by atoms with Gasteiger partial charge in [0, 0.05) is 19.6 Å². The van der Waals surface area contributed by atoms with Crippen LogP contribution in [0, 0.1) is 0 Å². The predicted molar refractivity (Wildman–Crippen MR) is 82.8 cm³/mol. The van der Waals surface area contributed by atoms with Crippen molar-refractivity contribution >= 4 is 29.9 Å². The molecule has 2 N–H and O–H groups in total. The number of hydrogen-bond acceptors (Lipinski definition) is 2. The average Bonchev–Trinajstić information content (AvgIpc) is 2.21. The number of guanidine groups is 1. The number of nitrogens with one attached hydrogen (secondary N) is 2. The molecule has 0 aliphatic carbocycles. The predicted octanol–water partition coefficient (Wildman–Crippen LogP) is 1.52. The summed E-state index contributed by atoms with van der Waals surface area (Å²) in [7, 11) is 5.99. The number of rotatable bonds is 6. The summed E-state index contributed by atoms with van der Waals surface area (Å²) in [6.45, 7) is 6.39. The maximum atomic E-state index is 4.17. The van der Waals surface area contributed by atoms with Crippen molar-refractivity contribution in [1.29, 1.82) is 0 Å². The molecule has 0 aromatic rings. The summed E-state index contributed by atoms with van der Waals surface area (Å²) in [6, 6.07) is 0.477. The molecule has 0 saturated heterocycles. The molecule has 0 bridgehead atoms. The van der Waals surface area contributed by atoms with Crippen LogP contribution in [0.4, 0.5) is 0 Å². The van der Waals surface area contributed by atoms with Crippen molar-refractivity contribution in [3.05, 3.63) is 0 Å². The van der Waals surface area contributed by atoms with Crippen molar-refractivity contribution < 1.29 is 0 Å². The van der Waals surface area contributed by atoms with Crippen LogP contribution in [0.1, 0.15) is 26.7 Å². The fourth-order valence-electron chi connectivity index (χ4n) is 1.13. The lowest BCUT2D eigenvalue weighted by Crippen LogP contribution is -2.42. The van der Waals surface area contributed by atoms with Crippen LogP contribution >= 0.6 is 24.0 Å². The van der Waals surface area contributed by atoms with Crippen LogP contribution in [0.3, 0.4) is 0 Å². The van der Waals surface area contributed by atoms with Crippen molar-refractivity contribution in [2.45, 2.75) is 32.7 Å². The minimum absolute atomic E-state index is 0.